The Morgan fingerprint density at radius 3 is 2.35 bits per heavy atom. The van der Waals surface area contributed by atoms with E-state index in [1.165, 1.54) is 10.5 Å². The molecule has 0 saturated carbocycles. The van der Waals surface area contributed by atoms with Crippen LogP contribution in [0.1, 0.15) is 12.5 Å². The van der Waals surface area contributed by atoms with Crippen molar-refractivity contribution in [2.24, 2.45) is 4.99 Å². The molecule has 1 rings (SSSR count). The number of halogens is 1. The average molecular weight is 430 g/mol. The van der Waals surface area contributed by atoms with Crippen molar-refractivity contribution in [2.45, 2.75) is 13.5 Å². The number of aliphatic imine (C=N–C) groups is 1. The van der Waals surface area contributed by atoms with Crippen LogP contribution in [-0.4, -0.2) is 55.9 Å². The smallest absolute Gasteiger partial charge is 0.243 e. The molecule has 1 amide bonds. The Bertz CT molecular complexity index is 529. The van der Waals surface area contributed by atoms with Crippen molar-refractivity contribution in [1.29, 1.82) is 0 Å². The monoisotopic (exact) mass is 430 g/mol. The third kappa shape index (κ3) is 8.59. The van der Waals surface area contributed by atoms with Crippen LogP contribution in [0.15, 0.2) is 47.5 Å². The highest BCUT2D eigenvalue weighted by Gasteiger charge is 2.09. The van der Waals surface area contributed by atoms with Gasteiger partial charge in [0, 0.05) is 34.2 Å². The molecule has 1 aromatic rings. The highest BCUT2D eigenvalue weighted by molar-refractivity contribution is 14.0. The average Bonchev–Trinajstić information content (AvgIpc) is 2.47. The first-order chi connectivity index (χ1) is 10.4. The molecule has 128 valence electrons. The molecule has 0 bridgehead atoms. The van der Waals surface area contributed by atoms with Gasteiger partial charge in [-0.25, -0.2) is 4.99 Å². The fourth-order valence-electron chi connectivity index (χ4n) is 1.76. The summed E-state index contributed by atoms with van der Waals surface area (Å²) in [6, 6.07) is 10.1. The lowest BCUT2D eigenvalue weighted by atomic mass is 10.2. The number of amides is 1. The predicted molar refractivity (Wildman–Crippen MR) is 107 cm³/mol. The summed E-state index contributed by atoms with van der Waals surface area (Å²) in [6.07, 6.45) is 0. The second-order valence-corrected chi connectivity index (χ2v) is 5.58. The minimum absolute atomic E-state index is 0. The van der Waals surface area contributed by atoms with Gasteiger partial charge in [0.2, 0.25) is 5.91 Å². The van der Waals surface area contributed by atoms with E-state index in [-0.39, 0.29) is 36.4 Å². The van der Waals surface area contributed by atoms with Gasteiger partial charge in [-0.2, -0.15) is 0 Å². The number of benzene rings is 1. The summed E-state index contributed by atoms with van der Waals surface area (Å²) in [7, 11) is 5.41. The van der Waals surface area contributed by atoms with E-state index in [2.05, 4.69) is 29.0 Å². The van der Waals surface area contributed by atoms with Gasteiger partial charge in [-0.05, 0) is 12.5 Å². The molecular formula is C17H27IN4O. The number of carbonyl (C=O) groups excluding carboxylic acids is 1. The SMILES string of the molecule is C=C(C)CNC(=NCC(=O)N(C)C)N(C)Cc1ccccc1.I. The third-order valence-electron chi connectivity index (χ3n) is 3.04. The van der Waals surface area contributed by atoms with Crippen LogP contribution < -0.4 is 5.32 Å². The largest absolute Gasteiger partial charge is 0.353 e. The molecule has 0 fully saturated rings. The zero-order valence-electron chi connectivity index (χ0n) is 14.4. The van der Waals surface area contributed by atoms with Gasteiger partial charge in [-0.1, -0.05) is 42.5 Å². The van der Waals surface area contributed by atoms with Crippen molar-refractivity contribution in [3.05, 3.63) is 48.0 Å². The van der Waals surface area contributed by atoms with E-state index in [9.17, 15) is 4.79 Å². The molecule has 5 nitrogen and oxygen atoms in total. The minimum Gasteiger partial charge on any atom is -0.353 e. The molecule has 1 aromatic carbocycles. The first-order valence-electron chi connectivity index (χ1n) is 7.28. The predicted octanol–water partition coefficient (Wildman–Crippen LogP) is 2.35. The Labute approximate surface area is 156 Å². The van der Waals surface area contributed by atoms with Gasteiger partial charge in [0.1, 0.15) is 6.54 Å². The van der Waals surface area contributed by atoms with E-state index >= 15 is 0 Å². The second kappa shape index (κ2) is 11.0. The molecule has 1 N–H and O–H groups in total. The Hall–Kier alpha value is -1.57. The second-order valence-electron chi connectivity index (χ2n) is 5.58. The quantitative estimate of drug-likeness (QED) is 0.326. The summed E-state index contributed by atoms with van der Waals surface area (Å²) in [5.41, 5.74) is 2.20. The number of likely N-dealkylation sites (N-methyl/N-ethyl adjacent to an activating group) is 1. The number of guanidine groups is 1. The lowest BCUT2D eigenvalue weighted by Gasteiger charge is -2.23. The summed E-state index contributed by atoms with van der Waals surface area (Å²) in [6.45, 7) is 7.32. The van der Waals surface area contributed by atoms with Crippen LogP contribution >= 0.6 is 24.0 Å². The first-order valence-corrected chi connectivity index (χ1v) is 7.28. The van der Waals surface area contributed by atoms with Crippen molar-refractivity contribution >= 4 is 35.8 Å². The number of hydrogen-bond donors (Lipinski definition) is 1. The van der Waals surface area contributed by atoms with Crippen molar-refractivity contribution in [3.63, 3.8) is 0 Å². The Balaban J connectivity index is 0.00000484. The summed E-state index contributed by atoms with van der Waals surface area (Å²) >= 11 is 0. The van der Waals surface area contributed by atoms with Crippen LogP contribution in [0, 0.1) is 0 Å². The van der Waals surface area contributed by atoms with E-state index in [4.69, 9.17) is 0 Å². The van der Waals surface area contributed by atoms with Crippen LogP contribution in [-0.2, 0) is 11.3 Å². The molecule has 0 aliphatic rings. The molecule has 23 heavy (non-hydrogen) atoms. The molecule has 0 radical (unpaired) electrons. The van der Waals surface area contributed by atoms with Crippen LogP contribution in [0.2, 0.25) is 0 Å². The van der Waals surface area contributed by atoms with Gasteiger partial charge < -0.3 is 15.1 Å². The molecule has 0 unspecified atom stereocenters. The lowest BCUT2D eigenvalue weighted by molar-refractivity contribution is -0.127. The highest BCUT2D eigenvalue weighted by atomic mass is 127. The molecule has 0 atom stereocenters. The molecule has 6 heteroatoms. The molecule has 0 heterocycles. The number of nitrogens with zero attached hydrogens (tertiary/aromatic N) is 3. The van der Waals surface area contributed by atoms with Crippen molar-refractivity contribution in [3.8, 4) is 0 Å². The first kappa shape index (κ1) is 21.4. The number of carbonyl (C=O) groups is 1. The van der Waals surface area contributed by atoms with Crippen molar-refractivity contribution < 1.29 is 4.79 Å². The van der Waals surface area contributed by atoms with Crippen LogP contribution in [0.25, 0.3) is 0 Å². The summed E-state index contributed by atoms with van der Waals surface area (Å²) < 4.78 is 0. The molecule has 0 aliphatic carbocycles. The zero-order valence-corrected chi connectivity index (χ0v) is 16.7. The zero-order chi connectivity index (χ0) is 16.5. The lowest BCUT2D eigenvalue weighted by Crippen LogP contribution is -2.40. The standard InChI is InChI=1S/C17H26N4O.HI/c1-14(2)11-18-17(19-12-16(22)20(3)4)21(5)13-15-9-7-6-8-10-15;/h6-10H,1,11-13H2,2-5H3,(H,18,19);1H. The van der Waals surface area contributed by atoms with E-state index in [0.717, 1.165) is 12.1 Å². The van der Waals surface area contributed by atoms with Crippen LogP contribution in [0.5, 0.6) is 0 Å². The topological polar surface area (TPSA) is 47.9 Å². The molecule has 0 saturated heterocycles. The maximum absolute atomic E-state index is 11.7. The number of hydrogen-bond acceptors (Lipinski definition) is 2. The van der Waals surface area contributed by atoms with Crippen LogP contribution in [0.3, 0.4) is 0 Å². The molecule has 0 aliphatic heterocycles. The summed E-state index contributed by atoms with van der Waals surface area (Å²) in [4.78, 5) is 19.7. The van der Waals surface area contributed by atoms with Crippen LogP contribution in [0.4, 0.5) is 0 Å². The Morgan fingerprint density at radius 1 is 1.22 bits per heavy atom. The number of rotatable bonds is 6. The van der Waals surface area contributed by atoms with E-state index < -0.39 is 0 Å². The van der Waals surface area contributed by atoms with Gasteiger partial charge in [0.25, 0.3) is 0 Å². The maximum Gasteiger partial charge on any atom is 0.243 e. The van der Waals surface area contributed by atoms with Gasteiger partial charge in [0.05, 0.1) is 0 Å². The van der Waals surface area contributed by atoms with Crippen molar-refractivity contribution in [1.82, 2.24) is 15.1 Å². The number of nitrogens with one attached hydrogen (secondary N) is 1. The summed E-state index contributed by atoms with van der Waals surface area (Å²) in [5, 5.41) is 3.24. The minimum atomic E-state index is -0.0252. The third-order valence-corrected chi connectivity index (χ3v) is 3.04. The van der Waals surface area contributed by atoms with E-state index in [1.807, 2.05) is 37.1 Å². The van der Waals surface area contributed by atoms with Gasteiger partial charge >= 0.3 is 0 Å². The molecule has 0 aromatic heterocycles. The Morgan fingerprint density at radius 2 is 1.83 bits per heavy atom. The Kier molecular flexibility index (Phi) is 10.3. The van der Waals surface area contributed by atoms with E-state index in [0.29, 0.717) is 12.5 Å². The summed E-state index contributed by atoms with van der Waals surface area (Å²) in [5.74, 6) is 0.671. The molecule has 0 spiro atoms. The fraction of sp³-hybridized carbons (Fsp3) is 0.412. The van der Waals surface area contributed by atoms with Gasteiger partial charge in [0.15, 0.2) is 5.96 Å². The highest BCUT2D eigenvalue weighted by Crippen LogP contribution is 2.03. The van der Waals surface area contributed by atoms with E-state index in [1.54, 1.807) is 14.1 Å². The molecular weight excluding hydrogens is 403 g/mol. The van der Waals surface area contributed by atoms with Gasteiger partial charge in [-0.3, -0.25) is 4.79 Å². The van der Waals surface area contributed by atoms with Crippen molar-refractivity contribution in [2.75, 3.05) is 34.2 Å². The maximum atomic E-state index is 11.7. The van der Waals surface area contributed by atoms with Gasteiger partial charge in [-0.15, -0.1) is 24.0 Å². The fourth-order valence-corrected chi connectivity index (χ4v) is 1.76. The normalized spacial score (nSPS) is 10.5.